The molecule has 0 aliphatic heterocycles. The molecule has 0 bridgehead atoms. The van der Waals surface area contributed by atoms with Crippen LogP contribution in [0.1, 0.15) is 24.0 Å². The second-order valence-electron chi connectivity index (χ2n) is 8.05. The third kappa shape index (κ3) is 3.02. The van der Waals surface area contributed by atoms with Crippen molar-refractivity contribution in [2.24, 2.45) is 5.92 Å². The summed E-state index contributed by atoms with van der Waals surface area (Å²) in [6.45, 7) is 0. The number of benzene rings is 3. The highest BCUT2D eigenvalue weighted by atomic mass is 19.1. The quantitative estimate of drug-likeness (QED) is 0.603. The molecule has 1 spiro atoms. The SMILES string of the molecule is COc1ccc(F)c(-c2cccc(Oc3ccc4c(c3)CCC43CC3C(=O)O)c2)c1. The molecule has 3 aromatic carbocycles. The highest BCUT2D eigenvalue weighted by Gasteiger charge is 2.61. The Kier molecular flexibility index (Phi) is 4.28. The summed E-state index contributed by atoms with van der Waals surface area (Å²) in [6.07, 6.45) is 2.47. The van der Waals surface area contributed by atoms with Gasteiger partial charge in [-0.25, -0.2) is 4.39 Å². The summed E-state index contributed by atoms with van der Waals surface area (Å²) in [4.78, 5) is 11.4. The lowest BCUT2D eigenvalue weighted by molar-refractivity contribution is -0.139. The van der Waals surface area contributed by atoms with E-state index in [2.05, 4.69) is 0 Å². The second kappa shape index (κ2) is 6.87. The van der Waals surface area contributed by atoms with Gasteiger partial charge in [-0.1, -0.05) is 18.2 Å². The van der Waals surface area contributed by atoms with E-state index in [0.29, 0.717) is 28.4 Å². The first-order valence-electron chi connectivity index (χ1n) is 9.98. The van der Waals surface area contributed by atoms with E-state index in [1.807, 2.05) is 36.4 Å². The molecule has 0 saturated heterocycles. The summed E-state index contributed by atoms with van der Waals surface area (Å²) in [5.74, 6) is 0.599. The third-order valence-electron chi connectivity index (χ3n) is 6.38. The summed E-state index contributed by atoms with van der Waals surface area (Å²) in [7, 11) is 1.55. The molecule has 2 aliphatic rings. The molecule has 0 radical (unpaired) electrons. The molecular weight excluding hydrogens is 383 g/mol. The first-order valence-corrected chi connectivity index (χ1v) is 9.98. The molecule has 0 aromatic heterocycles. The van der Waals surface area contributed by atoms with Gasteiger partial charge in [-0.2, -0.15) is 0 Å². The predicted octanol–water partition coefficient (Wildman–Crippen LogP) is 5.58. The number of aryl methyl sites for hydroxylation is 1. The molecule has 152 valence electrons. The molecule has 3 aromatic rings. The number of fused-ring (bicyclic) bond motifs is 2. The molecule has 1 saturated carbocycles. The number of hydrogen-bond donors (Lipinski definition) is 1. The van der Waals surface area contributed by atoms with Crippen LogP contribution in [0.15, 0.2) is 60.7 Å². The van der Waals surface area contributed by atoms with E-state index in [9.17, 15) is 14.3 Å². The number of carboxylic acids is 1. The van der Waals surface area contributed by atoms with Crippen LogP contribution in [0.3, 0.4) is 0 Å². The highest BCUT2D eigenvalue weighted by Crippen LogP contribution is 2.61. The molecule has 1 N–H and O–H groups in total. The molecule has 0 heterocycles. The number of aliphatic carboxylic acids is 1. The predicted molar refractivity (Wildman–Crippen MR) is 111 cm³/mol. The molecule has 2 unspecified atom stereocenters. The van der Waals surface area contributed by atoms with Gasteiger partial charge in [0.25, 0.3) is 0 Å². The van der Waals surface area contributed by atoms with Crippen LogP contribution in [-0.2, 0) is 16.6 Å². The summed E-state index contributed by atoms with van der Waals surface area (Å²) in [5, 5.41) is 9.37. The molecule has 0 amide bonds. The van der Waals surface area contributed by atoms with Crippen molar-refractivity contribution in [3.05, 3.63) is 77.6 Å². The average Bonchev–Trinajstić information content (AvgIpc) is 3.38. The van der Waals surface area contributed by atoms with Crippen LogP contribution in [0.25, 0.3) is 11.1 Å². The lowest BCUT2D eigenvalue weighted by atomic mass is 9.95. The Balaban J connectivity index is 1.40. The van der Waals surface area contributed by atoms with Crippen molar-refractivity contribution in [3.63, 3.8) is 0 Å². The van der Waals surface area contributed by atoms with Crippen LogP contribution in [0.2, 0.25) is 0 Å². The van der Waals surface area contributed by atoms with Crippen LogP contribution >= 0.6 is 0 Å². The number of ether oxygens (including phenoxy) is 2. The summed E-state index contributed by atoms with van der Waals surface area (Å²) in [5.41, 5.74) is 3.28. The Morgan fingerprint density at radius 1 is 1.07 bits per heavy atom. The maximum Gasteiger partial charge on any atom is 0.307 e. The van der Waals surface area contributed by atoms with Gasteiger partial charge >= 0.3 is 5.97 Å². The largest absolute Gasteiger partial charge is 0.497 e. The Morgan fingerprint density at radius 3 is 2.63 bits per heavy atom. The van der Waals surface area contributed by atoms with E-state index in [4.69, 9.17) is 9.47 Å². The van der Waals surface area contributed by atoms with E-state index in [1.54, 1.807) is 25.3 Å². The number of hydrogen-bond acceptors (Lipinski definition) is 3. The van der Waals surface area contributed by atoms with E-state index in [-0.39, 0.29) is 17.2 Å². The molecule has 30 heavy (non-hydrogen) atoms. The zero-order chi connectivity index (χ0) is 20.9. The van der Waals surface area contributed by atoms with Gasteiger partial charge in [0.1, 0.15) is 23.1 Å². The number of rotatable bonds is 5. The molecule has 1 fully saturated rings. The van der Waals surface area contributed by atoms with Gasteiger partial charge in [-0.3, -0.25) is 4.79 Å². The maximum absolute atomic E-state index is 14.3. The van der Waals surface area contributed by atoms with Crippen LogP contribution in [0.5, 0.6) is 17.2 Å². The molecule has 5 heteroatoms. The fourth-order valence-corrected chi connectivity index (χ4v) is 4.74. The molecule has 4 nitrogen and oxygen atoms in total. The van der Waals surface area contributed by atoms with Gasteiger partial charge in [-0.15, -0.1) is 0 Å². The third-order valence-corrected chi connectivity index (χ3v) is 6.38. The number of carbonyl (C=O) groups is 1. The zero-order valence-corrected chi connectivity index (χ0v) is 16.5. The van der Waals surface area contributed by atoms with Gasteiger partial charge in [0.15, 0.2) is 0 Å². The maximum atomic E-state index is 14.3. The second-order valence-corrected chi connectivity index (χ2v) is 8.05. The van der Waals surface area contributed by atoms with Crippen LogP contribution in [0.4, 0.5) is 4.39 Å². The van der Waals surface area contributed by atoms with Crippen molar-refractivity contribution in [3.8, 4) is 28.4 Å². The van der Waals surface area contributed by atoms with Crippen LogP contribution < -0.4 is 9.47 Å². The Labute approximate surface area is 173 Å². The average molecular weight is 404 g/mol. The minimum atomic E-state index is -0.704. The molecule has 2 atom stereocenters. The minimum absolute atomic E-state index is 0.177. The number of methoxy groups -OCH3 is 1. The Bertz CT molecular complexity index is 1160. The van der Waals surface area contributed by atoms with Crippen molar-refractivity contribution in [1.82, 2.24) is 0 Å². The summed E-state index contributed by atoms with van der Waals surface area (Å²) >= 11 is 0. The van der Waals surface area contributed by atoms with E-state index in [0.717, 1.165) is 30.4 Å². The Hall–Kier alpha value is -3.34. The highest BCUT2D eigenvalue weighted by molar-refractivity contribution is 5.78. The van der Waals surface area contributed by atoms with E-state index < -0.39 is 5.97 Å². The van der Waals surface area contributed by atoms with Crippen LogP contribution in [0, 0.1) is 11.7 Å². The zero-order valence-electron chi connectivity index (χ0n) is 16.5. The van der Waals surface area contributed by atoms with Gasteiger partial charge in [0.05, 0.1) is 13.0 Å². The van der Waals surface area contributed by atoms with Gasteiger partial charge in [0, 0.05) is 11.0 Å². The fraction of sp³-hybridized carbons (Fsp3) is 0.240. The van der Waals surface area contributed by atoms with Crippen molar-refractivity contribution in [2.45, 2.75) is 24.7 Å². The van der Waals surface area contributed by atoms with E-state index >= 15 is 0 Å². The fourth-order valence-electron chi connectivity index (χ4n) is 4.74. The smallest absolute Gasteiger partial charge is 0.307 e. The normalized spacial score (nSPS) is 21.3. The van der Waals surface area contributed by atoms with Gasteiger partial charge in [-0.05, 0) is 78.4 Å². The summed E-state index contributed by atoms with van der Waals surface area (Å²) in [6, 6.07) is 17.8. The Morgan fingerprint density at radius 2 is 1.87 bits per heavy atom. The number of carboxylic acid groups (broad SMARTS) is 1. The lowest BCUT2D eigenvalue weighted by Gasteiger charge is -2.12. The van der Waals surface area contributed by atoms with E-state index in [1.165, 1.54) is 6.07 Å². The molecular formula is C25H21FO4. The van der Waals surface area contributed by atoms with Gasteiger partial charge < -0.3 is 14.6 Å². The van der Waals surface area contributed by atoms with Crippen molar-refractivity contribution in [2.75, 3.05) is 7.11 Å². The first-order chi connectivity index (χ1) is 14.5. The standard InChI is InChI=1S/C25H21FO4/c1-29-17-6-8-23(26)20(13-17)15-3-2-4-18(11-15)30-19-5-7-21-16(12-19)9-10-25(21)14-22(25)24(27)28/h2-8,11-13,22H,9-10,14H2,1H3,(H,27,28). The first kappa shape index (κ1) is 18.7. The number of halogens is 1. The minimum Gasteiger partial charge on any atom is -0.497 e. The van der Waals surface area contributed by atoms with Gasteiger partial charge in [0.2, 0.25) is 0 Å². The lowest BCUT2D eigenvalue weighted by Crippen LogP contribution is -2.11. The monoisotopic (exact) mass is 404 g/mol. The van der Waals surface area contributed by atoms with Crippen molar-refractivity contribution in [1.29, 1.82) is 0 Å². The summed E-state index contributed by atoms with van der Waals surface area (Å²) < 4.78 is 25.6. The molecule has 5 rings (SSSR count). The van der Waals surface area contributed by atoms with Crippen molar-refractivity contribution >= 4 is 5.97 Å². The van der Waals surface area contributed by atoms with Crippen LogP contribution in [-0.4, -0.2) is 18.2 Å². The molecule has 2 aliphatic carbocycles. The van der Waals surface area contributed by atoms with Crippen molar-refractivity contribution < 1.29 is 23.8 Å². The topological polar surface area (TPSA) is 55.8 Å².